The van der Waals surface area contributed by atoms with Crippen molar-refractivity contribution in [2.24, 2.45) is 11.1 Å². The number of ether oxygens (including phenoxy) is 1. The molecule has 0 bridgehead atoms. The molecule has 1 aromatic heterocycles. The van der Waals surface area contributed by atoms with Gasteiger partial charge in [-0.3, -0.25) is 9.59 Å². The van der Waals surface area contributed by atoms with Crippen molar-refractivity contribution >= 4 is 23.2 Å². The summed E-state index contributed by atoms with van der Waals surface area (Å²) in [4.78, 5) is 27.9. The quantitative estimate of drug-likeness (QED) is 0.633. The Morgan fingerprint density at radius 1 is 1.03 bits per heavy atom. The molecule has 2 amide bonds. The second kappa shape index (κ2) is 8.71. The number of benzene rings is 2. The van der Waals surface area contributed by atoms with Crippen LogP contribution in [-0.4, -0.2) is 36.4 Å². The van der Waals surface area contributed by atoms with E-state index in [1.807, 2.05) is 48.5 Å². The fraction of sp³-hybridized carbons (Fsp3) is 0.250. The van der Waals surface area contributed by atoms with Crippen molar-refractivity contribution < 1.29 is 14.3 Å². The van der Waals surface area contributed by atoms with Crippen molar-refractivity contribution in [3.05, 3.63) is 77.7 Å². The predicted octanol–water partition coefficient (Wildman–Crippen LogP) is 3.74. The van der Waals surface area contributed by atoms with Crippen molar-refractivity contribution in [3.63, 3.8) is 0 Å². The van der Waals surface area contributed by atoms with Crippen LogP contribution in [0.4, 0.5) is 0 Å². The number of carbonyl (C=O) groups is 2. The van der Waals surface area contributed by atoms with Crippen LogP contribution in [0.5, 0.6) is 5.75 Å². The van der Waals surface area contributed by atoms with Gasteiger partial charge >= 0.3 is 0 Å². The highest BCUT2D eigenvalue weighted by atomic mass is 32.1. The Kier molecular flexibility index (Phi) is 5.86. The molecule has 1 unspecified atom stereocenters. The van der Waals surface area contributed by atoms with Crippen LogP contribution in [0.25, 0.3) is 10.4 Å². The minimum absolute atomic E-state index is 0.0473. The SMILES string of the molecule is NC(=O)C1(Cc2ccc(-c3cccs3)cc2)CCN(C(=O)COc2ccccc2)C1. The summed E-state index contributed by atoms with van der Waals surface area (Å²) in [7, 11) is 0. The number of thiophene rings is 1. The molecule has 1 saturated heterocycles. The molecule has 0 saturated carbocycles. The first-order valence-electron chi connectivity index (χ1n) is 9.94. The standard InChI is InChI=1S/C24H24N2O3S/c25-23(28)24(15-18-8-10-19(11-9-18)21-7-4-14-30-21)12-13-26(17-24)22(27)16-29-20-5-2-1-3-6-20/h1-11,14H,12-13,15-17H2,(H2,25,28). The average molecular weight is 421 g/mol. The average Bonchev–Trinajstić information content (AvgIpc) is 3.45. The van der Waals surface area contributed by atoms with Crippen LogP contribution in [0.1, 0.15) is 12.0 Å². The highest BCUT2D eigenvalue weighted by Gasteiger charge is 2.44. The van der Waals surface area contributed by atoms with E-state index in [-0.39, 0.29) is 18.4 Å². The molecule has 1 aliphatic heterocycles. The van der Waals surface area contributed by atoms with Gasteiger partial charge < -0.3 is 15.4 Å². The van der Waals surface area contributed by atoms with Crippen LogP contribution in [0, 0.1) is 5.41 Å². The first kappa shape index (κ1) is 20.2. The summed E-state index contributed by atoms with van der Waals surface area (Å²) in [6, 6.07) is 21.6. The third-order valence-electron chi connectivity index (χ3n) is 5.64. The first-order chi connectivity index (χ1) is 14.6. The second-order valence-electron chi connectivity index (χ2n) is 7.66. The van der Waals surface area contributed by atoms with Crippen LogP contribution in [0.3, 0.4) is 0 Å². The maximum atomic E-state index is 12.6. The Morgan fingerprint density at radius 3 is 2.47 bits per heavy atom. The third-order valence-corrected chi connectivity index (χ3v) is 6.56. The lowest BCUT2D eigenvalue weighted by molar-refractivity contribution is -0.133. The normalized spacial score (nSPS) is 18.3. The monoisotopic (exact) mass is 420 g/mol. The van der Waals surface area contributed by atoms with E-state index in [4.69, 9.17) is 10.5 Å². The van der Waals surface area contributed by atoms with Crippen molar-refractivity contribution in [2.45, 2.75) is 12.8 Å². The van der Waals surface area contributed by atoms with Crippen LogP contribution >= 0.6 is 11.3 Å². The number of amides is 2. The van der Waals surface area contributed by atoms with E-state index in [1.54, 1.807) is 16.2 Å². The maximum Gasteiger partial charge on any atom is 0.260 e. The molecular formula is C24H24N2O3S. The van der Waals surface area contributed by atoms with E-state index in [0.717, 1.165) is 11.1 Å². The number of hydrogen-bond acceptors (Lipinski definition) is 4. The number of carbonyl (C=O) groups excluding carboxylic acids is 2. The number of rotatable bonds is 7. The van der Waals surface area contributed by atoms with Gasteiger partial charge in [0, 0.05) is 18.0 Å². The molecule has 0 spiro atoms. The third kappa shape index (κ3) is 4.39. The molecule has 30 heavy (non-hydrogen) atoms. The maximum absolute atomic E-state index is 12.6. The lowest BCUT2D eigenvalue weighted by atomic mass is 9.80. The van der Waals surface area contributed by atoms with E-state index in [2.05, 4.69) is 23.6 Å². The van der Waals surface area contributed by atoms with Gasteiger partial charge in [-0.05, 0) is 47.5 Å². The van der Waals surface area contributed by atoms with Gasteiger partial charge in [-0.2, -0.15) is 0 Å². The number of para-hydroxylation sites is 1. The Labute approximate surface area is 180 Å². The molecule has 0 radical (unpaired) electrons. The molecule has 5 nitrogen and oxygen atoms in total. The molecule has 1 aliphatic rings. The van der Waals surface area contributed by atoms with Gasteiger partial charge in [0.2, 0.25) is 5.91 Å². The summed E-state index contributed by atoms with van der Waals surface area (Å²) < 4.78 is 5.57. The van der Waals surface area contributed by atoms with Gasteiger partial charge in [0.05, 0.1) is 5.41 Å². The van der Waals surface area contributed by atoms with Crippen molar-refractivity contribution in [2.75, 3.05) is 19.7 Å². The van der Waals surface area contributed by atoms with E-state index in [9.17, 15) is 9.59 Å². The zero-order valence-corrected chi connectivity index (χ0v) is 17.4. The summed E-state index contributed by atoms with van der Waals surface area (Å²) >= 11 is 1.70. The van der Waals surface area contributed by atoms with E-state index >= 15 is 0 Å². The molecule has 3 aromatic rings. The zero-order valence-electron chi connectivity index (χ0n) is 16.6. The molecule has 1 fully saturated rings. The van der Waals surface area contributed by atoms with Gasteiger partial charge in [-0.25, -0.2) is 0 Å². The van der Waals surface area contributed by atoms with Gasteiger partial charge in [-0.15, -0.1) is 11.3 Å². The largest absolute Gasteiger partial charge is 0.484 e. The summed E-state index contributed by atoms with van der Waals surface area (Å²) in [5.74, 6) is 0.163. The topological polar surface area (TPSA) is 72.6 Å². The second-order valence-corrected chi connectivity index (χ2v) is 8.61. The summed E-state index contributed by atoms with van der Waals surface area (Å²) in [5.41, 5.74) is 7.27. The van der Waals surface area contributed by atoms with E-state index < -0.39 is 5.41 Å². The smallest absolute Gasteiger partial charge is 0.260 e. The van der Waals surface area contributed by atoms with Crippen LogP contribution in [-0.2, 0) is 16.0 Å². The highest BCUT2D eigenvalue weighted by Crippen LogP contribution is 2.35. The minimum Gasteiger partial charge on any atom is -0.484 e. The zero-order chi connectivity index (χ0) is 21.0. The lowest BCUT2D eigenvalue weighted by Gasteiger charge is -2.26. The fourth-order valence-electron chi connectivity index (χ4n) is 3.89. The highest BCUT2D eigenvalue weighted by molar-refractivity contribution is 7.13. The number of nitrogens with zero attached hydrogens (tertiary/aromatic N) is 1. The molecule has 2 heterocycles. The van der Waals surface area contributed by atoms with Crippen LogP contribution < -0.4 is 10.5 Å². The van der Waals surface area contributed by atoms with Crippen LogP contribution in [0.2, 0.25) is 0 Å². The van der Waals surface area contributed by atoms with Crippen LogP contribution in [0.15, 0.2) is 72.1 Å². The van der Waals surface area contributed by atoms with E-state index in [1.165, 1.54) is 4.88 Å². The number of likely N-dealkylation sites (tertiary alicyclic amines) is 1. The fourth-order valence-corrected chi connectivity index (χ4v) is 4.62. The molecule has 154 valence electrons. The molecular weight excluding hydrogens is 396 g/mol. The summed E-state index contributed by atoms with van der Waals surface area (Å²) in [6.07, 6.45) is 1.09. The number of nitrogens with two attached hydrogens (primary N) is 1. The number of primary amides is 1. The molecule has 1 atom stereocenters. The Bertz CT molecular complexity index is 1000. The van der Waals surface area contributed by atoms with Gasteiger partial charge in [0.1, 0.15) is 5.75 Å². The predicted molar refractivity (Wildman–Crippen MR) is 118 cm³/mol. The Morgan fingerprint density at radius 2 is 1.80 bits per heavy atom. The van der Waals surface area contributed by atoms with Gasteiger partial charge in [-0.1, -0.05) is 48.5 Å². The lowest BCUT2D eigenvalue weighted by Crippen LogP contribution is -2.43. The molecule has 6 heteroatoms. The van der Waals surface area contributed by atoms with Crippen molar-refractivity contribution in [1.82, 2.24) is 4.90 Å². The summed E-state index contributed by atoms with van der Waals surface area (Å²) in [6.45, 7) is 0.785. The van der Waals surface area contributed by atoms with Crippen molar-refractivity contribution in [3.8, 4) is 16.2 Å². The van der Waals surface area contributed by atoms with Gasteiger partial charge in [0.15, 0.2) is 6.61 Å². The van der Waals surface area contributed by atoms with E-state index in [0.29, 0.717) is 31.7 Å². The van der Waals surface area contributed by atoms with Gasteiger partial charge in [0.25, 0.3) is 5.91 Å². The Hall–Kier alpha value is -3.12. The molecule has 2 N–H and O–H groups in total. The Balaban J connectivity index is 1.41. The number of hydrogen-bond donors (Lipinski definition) is 1. The molecule has 2 aromatic carbocycles. The summed E-state index contributed by atoms with van der Waals surface area (Å²) in [5, 5.41) is 2.05. The molecule has 0 aliphatic carbocycles. The first-order valence-corrected chi connectivity index (χ1v) is 10.8. The minimum atomic E-state index is -0.743. The molecule has 4 rings (SSSR count). The van der Waals surface area contributed by atoms with Crippen molar-refractivity contribution in [1.29, 1.82) is 0 Å².